The predicted molar refractivity (Wildman–Crippen MR) is 98.4 cm³/mol. The van der Waals surface area contributed by atoms with Crippen molar-refractivity contribution < 1.29 is 4.79 Å². The molecule has 0 fully saturated rings. The van der Waals surface area contributed by atoms with Gasteiger partial charge < -0.3 is 4.90 Å². The quantitative estimate of drug-likeness (QED) is 0.375. The molecule has 0 unspecified atom stereocenters. The zero-order valence-corrected chi connectivity index (χ0v) is 16.0. The molecule has 0 aromatic heterocycles. The molecule has 0 aromatic carbocycles. The van der Waals surface area contributed by atoms with Gasteiger partial charge in [-0.3, -0.25) is 4.79 Å². The van der Waals surface area contributed by atoms with E-state index in [9.17, 15) is 4.79 Å². The van der Waals surface area contributed by atoms with Gasteiger partial charge >= 0.3 is 0 Å². The molecule has 0 saturated carbocycles. The van der Waals surface area contributed by atoms with E-state index in [1.165, 1.54) is 70.9 Å². The number of hydrogen-bond donors (Lipinski definition) is 0. The van der Waals surface area contributed by atoms with Crippen LogP contribution in [-0.2, 0) is 4.79 Å². The Bertz CT molecular complexity index is 267. The second-order valence-electron chi connectivity index (χ2n) is 7.91. The number of Topliss-reactive ketones (excluding diaryl/α,β-unsaturated/α-hetero) is 1. The van der Waals surface area contributed by atoms with Crippen molar-refractivity contribution in [2.24, 2.45) is 5.41 Å². The normalized spacial score (nSPS) is 12.1. The fourth-order valence-corrected chi connectivity index (χ4v) is 2.67. The maximum Gasteiger partial charge on any atom is 0.138 e. The summed E-state index contributed by atoms with van der Waals surface area (Å²) in [5.41, 5.74) is -0.150. The summed E-state index contributed by atoms with van der Waals surface area (Å²) < 4.78 is 0. The minimum Gasteiger partial charge on any atom is -0.306 e. The zero-order chi connectivity index (χ0) is 16.8. The van der Waals surface area contributed by atoms with E-state index in [0.29, 0.717) is 5.78 Å². The maximum absolute atomic E-state index is 11.8. The molecule has 2 nitrogen and oxygen atoms in total. The minimum atomic E-state index is -0.150. The van der Waals surface area contributed by atoms with Gasteiger partial charge in [0.2, 0.25) is 0 Å². The van der Waals surface area contributed by atoms with Crippen LogP contribution in [0, 0.1) is 5.41 Å². The molecule has 0 atom stereocenters. The molecule has 0 aliphatic heterocycles. The van der Waals surface area contributed by atoms with Gasteiger partial charge in [0.25, 0.3) is 0 Å². The Balaban J connectivity index is 3.29. The van der Waals surface area contributed by atoms with Gasteiger partial charge in [-0.1, -0.05) is 72.6 Å². The number of ketones is 1. The molecule has 0 radical (unpaired) electrons. The Labute approximate surface area is 140 Å². The lowest BCUT2D eigenvalue weighted by Crippen LogP contribution is -2.20. The minimum absolute atomic E-state index is 0.150. The molecule has 0 N–H and O–H groups in total. The second-order valence-corrected chi connectivity index (χ2v) is 7.91. The first kappa shape index (κ1) is 21.6. The Morgan fingerprint density at radius 1 is 0.773 bits per heavy atom. The topological polar surface area (TPSA) is 20.3 Å². The number of rotatable bonds is 14. The Hall–Kier alpha value is -0.370. The van der Waals surface area contributed by atoms with Crippen molar-refractivity contribution in [2.45, 2.75) is 98.3 Å². The zero-order valence-electron chi connectivity index (χ0n) is 16.0. The Morgan fingerprint density at radius 2 is 1.23 bits per heavy atom. The monoisotopic (exact) mass is 311 g/mol. The number of unbranched alkanes of at least 4 members (excludes halogenated alkanes) is 8. The summed E-state index contributed by atoms with van der Waals surface area (Å²) in [6.07, 6.45) is 13.8. The average Bonchev–Trinajstić information content (AvgIpc) is 2.44. The summed E-state index contributed by atoms with van der Waals surface area (Å²) in [5.74, 6) is 0.415. The lowest BCUT2D eigenvalue weighted by atomic mass is 9.88. The van der Waals surface area contributed by atoms with Crippen molar-refractivity contribution in [1.29, 1.82) is 0 Å². The van der Waals surface area contributed by atoms with Crippen molar-refractivity contribution >= 4 is 5.78 Å². The highest BCUT2D eigenvalue weighted by molar-refractivity contribution is 5.83. The van der Waals surface area contributed by atoms with Crippen LogP contribution < -0.4 is 0 Å². The molecular formula is C20H41NO. The first-order chi connectivity index (χ1) is 10.4. The molecule has 2 heteroatoms. The smallest absolute Gasteiger partial charge is 0.138 e. The maximum atomic E-state index is 11.8. The summed E-state index contributed by atoms with van der Waals surface area (Å²) >= 11 is 0. The fraction of sp³-hybridized carbons (Fsp3) is 0.950. The average molecular weight is 312 g/mol. The van der Waals surface area contributed by atoms with Gasteiger partial charge in [-0.15, -0.1) is 0 Å². The molecule has 0 heterocycles. The van der Waals surface area contributed by atoms with Crippen LogP contribution in [0.1, 0.15) is 98.3 Å². The molecule has 0 aliphatic carbocycles. The van der Waals surface area contributed by atoms with Crippen LogP contribution in [0.3, 0.4) is 0 Å². The Morgan fingerprint density at radius 3 is 1.73 bits per heavy atom. The molecule has 0 amide bonds. The highest BCUT2D eigenvalue weighted by atomic mass is 16.1. The molecule has 0 aliphatic rings. The molecule has 0 saturated heterocycles. The van der Waals surface area contributed by atoms with E-state index in [2.05, 4.69) is 18.9 Å². The van der Waals surface area contributed by atoms with Crippen molar-refractivity contribution in [3.05, 3.63) is 0 Å². The highest BCUT2D eigenvalue weighted by Gasteiger charge is 2.19. The number of nitrogens with zero attached hydrogens (tertiary/aromatic N) is 1. The summed E-state index contributed by atoms with van der Waals surface area (Å²) in [6, 6.07) is 0. The first-order valence-electron chi connectivity index (χ1n) is 9.59. The molecule has 0 rings (SSSR count). The summed E-state index contributed by atoms with van der Waals surface area (Å²) in [4.78, 5) is 14.3. The van der Waals surface area contributed by atoms with Gasteiger partial charge in [0, 0.05) is 11.8 Å². The van der Waals surface area contributed by atoms with Crippen molar-refractivity contribution in [2.75, 3.05) is 20.1 Å². The lowest BCUT2D eigenvalue weighted by Gasteiger charge is -2.16. The van der Waals surface area contributed by atoms with Gasteiger partial charge in [-0.25, -0.2) is 0 Å². The summed E-state index contributed by atoms with van der Waals surface area (Å²) in [7, 11) is 2.25. The van der Waals surface area contributed by atoms with Gasteiger partial charge in [0.15, 0.2) is 0 Å². The van der Waals surface area contributed by atoms with Crippen LogP contribution in [0.4, 0.5) is 0 Å². The fourth-order valence-electron chi connectivity index (χ4n) is 2.67. The van der Waals surface area contributed by atoms with E-state index < -0.39 is 0 Å². The molecule has 0 spiro atoms. The first-order valence-corrected chi connectivity index (χ1v) is 9.59. The number of carbonyl (C=O) groups is 1. The SMILES string of the molecule is CCCCCN(C)CCCCCCCCCC(=O)C(C)(C)C. The number of hydrogen-bond acceptors (Lipinski definition) is 2. The van der Waals surface area contributed by atoms with Crippen LogP contribution in [0.2, 0.25) is 0 Å². The van der Waals surface area contributed by atoms with E-state index in [4.69, 9.17) is 0 Å². The van der Waals surface area contributed by atoms with Crippen molar-refractivity contribution in [3.63, 3.8) is 0 Å². The molecular weight excluding hydrogens is 270 g/mol. The highest BCUT2D eigenvalue weighted by Crippen LogP contribution is 2.19. The third-order valence-electron chi connectivity index (χ3n) is 4.42. The van der Waals surface area contributed by atoms with E-state index in [1.807, 2.05) is 20.8 Å². The van der Waals surface area contributed by atoms with Crippen LogP contribution >= 0.6 is 0 Å². The van der Waals surface area contributed by atoms with Crippen LogP contribution in [0.5, 0.6) is 0 Å². The van der Waals surface area contributed by atoms with Gasteiger partial charge in [0.05, 0.1) is 0 Å². The summed E-state index contributed by atoms with van der Waals surface area (Å²) in [6.45, 7) is 10.8. The van der Waals surface area contributed by atoms with Crippen molar-refractivity contribution in [1.82, 2.24) is 4.90 Å². The molecule has 132 valence electrons. The largest absolute Gasteiger partial charge is 0.306 e. The summed E-state index contributed by atoms with van der Waals surface area (Å²) in [5, 5.41) is 0. The van der Waals surface area contributed by atoms with E-state index in [1.54, 1.807) is 0 Å². The van der Waals surface area contributed by atoms with Crippen LogP contribution in [-0.4, -0.2) is 30.8 Å². The van der Waals surface area contributed by atoms with Crippen LogP contribution in [0.25, 0.3) is 0 Å². The molecule has 0 aromatic rings. The standard InChI is InChI=1S/C20H41NO/c1-6-7-14-17-21(5)18-15-12-10-8-9-11-13-16-19(22)20(2,3)4/h6-18H2,1-5H3. The van der Waals surface area contributed by atoms with Crippen molar-refractivity contribution in [3.8, 4) is 0 Å². The van der Waals surface area contributed by atoms with E-state index >= 15 is 0 Å². The Kier molecular flexibility index (Phi) is 12.9. The second kappa shape index (κ2) is 13.1. The van der Waals surface area contributed by atoms with Gasteiger partial charge in [0.1, 0.15) is 5.78 Å². The van der Waals surface area contributed by atoms with E-state index in [-0.39, 0.29) is 5.41 Å². The van der Waals surface area contributed by atoms with Gasteiger partial charge in [-0.05, 0) is 39.4 Å². The number of carbonyl (C=O) groups excluding carboxylic acids is 1. The molecule has 0 bridgehead atoms. The molecule has 22 heavy (non-hydrogen) atoms. The van der Waals surface area contributed by atoms with Gasteiger partial charge in [-0.2, -0.15) is 0 Å². The third kappa shape index (κ3) is 13.3. The third-order valence-corrected chi connectivity index (χ3v) is 4.42. The predicted octanol–water partition coefficient (Wildman–Crippen LogP) is 5.84. The van der Waals surface area contributed by atoms with Crippen LogP contribution in [0.15, 0.2) is 0 Å². The van der Waals surface area contributed by atoms with E-state index in [0.717, 1.165) is 12.8 Å². The lowest BCUT2D eigenvalue weighted by molar-refractivity contribution is -0.126.